The van der Waals surface area contributed by atoms with Crippen molar-refractivity contribution < 1.29 is 17.9 Å². The van der Waals surface area contributed by atoms with Crippen molar-refractivity contribution >= 4 is 35.1 Å². The summed E-state index contributed by atoms with van der Waals surface area (Å²) in [5.74, 6) is 0.415. The lowest BCUT2D eigenvalue weighted by atomic mass is 10.2. The number of alkyl halides is 3. The summed E-state index contributed by atoms with van der Waals surface area (Å²) in [6.07, 6.45) is -2.08. The molecule has 0 saturated heterocycles. The molecule has 0 saturated carbocycles. The van der Waals surface area contributed by atoms with Gasteiger partial charge < -0.3 is 4.74 Å². The van der Waals surface area contributed by atoms with Crippen LogP contribution in [0.2, 0.25) is 10.0 Å². The lowest BCUT2D eigenvalue weighted by molar-refractivity contribution is -0.137. The van der Waals surface area contributed by atoms with Gasteiger partial charge in [0.2, 0.25) is 0 Å². The highest BCUT2D eigenvalue weighted by Gasteiger charge is 2.29. The van der Waals surface area contributed by atoms with Crippen LogP contribution in [0.25, 0.3) is 0 Å². The Bertz CT molecular complexity index is 724. The third-order valence-electron chi connectivity index (χ3n) is 3.09. The fourth-order valence-corrected chi connectivity index (χ4v) is 2.52. The second-order valence-electron chi connectivity index (χ2n) is 5.11. The molecule has 0 atom stereocenters. The lowest BCUT2D eigenvalue weighted by Crippen LogP contribution is -2.04. The molecule has 2 rings (SSSR count). The Morgan fingerprint density at radius 1 is 1.12 bits per heavy atom. The van der Waals surface area contributed by atoms with E-state index in [2.05, 4.69) is 10.5 Å². The molecule has 0 aliphatic carbocycles. The van der Waals surface area contributed by atoms with Gasteiger partial charge in [0.1, 0.15) is 0 Å². The Kier molecular flexibility index (Phi) is 6.56. The summed E-state index contributed by atoms with van der Waals surface area (Å²) in [6.45, 7) is 2.47. The maximum Gasteiger partial charge on any atom is 0.416 e. The molecule has 25 heavy (non-hydrogen) atoms. The maximum absolute atomic E-state index is 12.5. The van der Waals surface area contributed by atoms with Gasteiger partial charge in [-0.05, 0) is 48.4 Å². The summed E-state index contributed by atoms with van der Waals surface area (Å²) in [6, 6.07) is 7.81. The fourth-order valence-electron chi connectivity index (χ4n) is 1.91. The predicted molar refractivity (Wildman–Crippen MR) is 94.9 cm³/mol. The van der Waals surface area contributed by atoms with Gasteiger partial charge in [-0.3, -0.25) is 5.43 Å². The minimum absolute atomic E-state index is 0.358. The normalized spacial score (nSPS) is 11.8. The van der Waals surface area contributed by atoms with Gasteiger partial charge in [0.05, 0.1) is 34.1 Å². The first kappa shape index (κ1) is 19.4. The van der Waals surface area contributed by atoms with E-state index in [0.29, 0.717) is 33.7 Å². The molecule has 0 heterocycles. The molecule has 2 aromatic carbocycles. The van der Waals surface area contributed by atoms with Gasteiger partial charge in [0, 0.05) is 0 Å². The topological polar surface area (TPSA) is 33.6 Å². The molecular formula is C17H15Cl2F3N2O. The van der Waals surface area contributed by atoms with E-state index in [-0.39, 0.29) is 0 Å². The van der Waals surface area contributed by atoms with E-state index in [0.717, 1.165) is 18.6 Å². The zero-order chi connectivity index (χ0) is 18.4. The number of halogens is 5. The van der Waals surface area contributed by atoms with Gasteiger partial charge in [-0.1, -0.05) is 30.1 Å². The summed E-state index contributed by atoms with van der Waals surface area (Å²) in [7, 11) is 0. The highest BCUT2D eigenvalue weighted by Crippen LogP contribution is 2.34. The smallest absolute Gasteiger partial charge is 0.416 e. The number of ether oxygens (including phenoxy) is 1. The van der Waals surface area contributed by atoms with Crippen molar-refractivity contribution in [2.45, 2.75) is 19.5 Å². The summed E-state index contributed by atoms with van der Waals surface area (Å²) < 4.78 is 42.9. The van der Waals surface area contributed by atoms with Crippen molar-refractivity contribution in [3.05, 3.63) is 57.6 Å². The summed E-state index contributed by atoms with van der Waals surface area (Å²) in [5.41, 5.74) is 2.97. The largest absolute Gasteiger partial charge is 0.490 e. The third kappa shape index (κ3) is 5.54. The van der Waals surface area contributed by atoms with Crippen LogP contribution in [0, 0.1) is 0 Å². The van der Waals surface area contributed by atoms with Crippen molar-refractivity contribution in [1.82, 2.24) is 0 Å². The molecule has 0 radical (unpaired) electrons. The number of rotatable bonds is 6. The van der Waals surface area contributed by atoms with Gasteiger partial charge in [0.25, 0.3) is 0 Å². The molecule has 2 aromatic rings. The Balaban J connectivity index is 2.04. The molecule has 3 nitrogen and oxygen atoms in total. The minimum atomic E-state index is -4.36. The molecule has 0 fully saturated rings. The van der Waals surface area contributed by atoms with Crippen LogP contribution in [0.15, 0.2) is 41.5 Å². The van der Waals surface area contributed by atoms with E-state index in [1.165, 1.54) is 18.3 Å². The molecular weight excluding hydrogens is 376 g/mol. The summed E-state index contributed by atoms with van der Waals surface area (Å²) in [4.78, 5) is 0. The molecule has 0 aromatic heterocycles. The Hall–Kier alpha value is -1.92. The monoisotopic (exact) mass is 390 g/mol. The van der Waals surface area contributed by atoms with Crippen LogP contribution < -0.4 is 10.2 Å². The SMILES string of the molecule is CCCOc1c(Cl)cc(C=NNc2ccc(C(F)(F)F)cc2)cc1Cl. The number of anilines is 1. The van der Waals surface area contributed by atoms with Crippen molar-refractivity contribution in [3.8, 4) is 5.75 Å². The van der Waals surface area contributed by atoms with Gasteiger partial charge in [0.15, 0.2) is 5.75 Å². The number of nitrogens with zero attached hydrogens (tertiary/aromatic N) is 1. The van der Waals surface area contributed by atoms with Gasteiger partial charge in [-0.2, -0.15) is 18.3 Å². The van der Waals surface area contributed by atoms with Crippen LogP contribution in [0.1, 0.15) is 24.5 Å². The zero-order valence-corrected chi connectivity index (χ0v) is 14.7. The molecule has 0 aliphatic rings. The average molecular weight is 391 g/mol. The molecule has 134 valence electrons. The second kappa shape index (κ2) is 8.45. The Morgan fingerprint density at radius 2 is 1.72 bits per heavy atom. The quantitative estimate of drug-likeness (QED) is 0.467. The molecule has 0 spiro atoms. The van der Waals surface area contributed by atoms with Crippen LogP contribution in [0.4, 0.5) is 18.9 Å². The van der Waals surface area contributed by atoms with E-state index in [9.17, 15) is 13.2 Å². The average Bonchev–Trinajstić information content (AvgIpc) is 2.54. The van der Waals surface area contributed by atoms with Crippen LogP contribution in [-0.4, -0.2) is 12.8 Å². The van der Waals surface area contributed by atoms with Crippen LogP contribution in [-0.2, 0) is 6.18 Å². The minimum Gasteiger partial charge on any atom is -0.490 e. The van der Waals surface area contributed by atoms with Gasteiger partial charge in [-0.25, -0.2) is 0 Å². The van der Waals surface area contributed by atoms with Crippen molar-refractivity contribution in [1.29, 1.82) is 0 Å². The van der Waals surface area contributed by atoms with Crippen LogP contribution in [0.5, 0.6) is 5.75 Å². The molecule has 1 N–H and O–H groups in total. The zero-order valence-electron chi connectivity index (χ0n) is 13.2. The van der Waals surface area contributed by atoms with Gasteiger partial charge >= 0.3 is 6.18 Å². The molecule has 0 bridgehead atoms. The predicted octanol–water partition coefficient (Wildman–Crippen LogP) is 6.25. The standard InChI is InChI=1S/C17H15Cl2F3N2O/c1-2-7-25-16-14(18)8-11(9-15(16)19)10-23-24-13-5-3-12(4-6-13)17(20,21)22/h3-6,8-10,24H,2,7H2,1H3. The lowest BCUT2D eigenvalue weighted by Gasteiger charge is -2.09. The first-order valence-electron chi connectivity index (χ1n) is 7.39. The van der Waals surface area contributed by atoms with Crippen molar-refractivity contribution in [2.75, 3.05) is 12.0 Å². The fraction of sp³-hybridized carbons (Fsp3) is 0.235. The van der Waals surface area contributed by atoms with E-state index >= 15 is 0 Å². The molecule has 8 heteroatoms. The number of nitrogens with one attached hydrogen (secondary N) is 1. The molecule has 0 aliphatic heterocycles. The Labute approximate surface area is 153 Å². The highest BCUT2D eigenvalue weighted by atomic mass is 35.5. The molecule has 0 unspecified atom stereocenters. The van der Waals surface area contributed by atoms with Crippen LogP contribution in [0.3, 0.4) is 0 Å². The first-order chi connectivity index (χ1) is 11.8. The van der Waals surface area contributed by atoms with Gasteiger partial charge in [-0.15, -0.1) is 0 Å². The second-order valence-corrected chi connectivity index (χ2v) is 5.92. The third-order valence-corrected chi connectivity index (χ3v) is 3.65. The number of benzene rings is 2. The van der Waals surface area contributed by atoms with E-state index in [1.807, 2.05) is 6.92 Å². The Morgan fingerprint density at radius 3 is 2.24 bits per heavy atom. The summed E-state index contributed by atoms with van der Waals surface area (Å²) in [5, 5.41) is 4.68. The summed E-state index contributed by atoms with van der Waals surface area (Å²) >= 11 is 12.3. The van der Waals surface area contributed by atoms with E-state index in [1.54, 1.807) is 12.1 Å². The first-order valence-corrected chi connectivity index (χ1v) is 8.15. The number of hydrazone groups is 1. The van der Waals surface area contributed by atoms with E-state index in [4.69, 9.17) is 27.9 Å². The van der Waals surface area contributed by atoms with E-state index < -0.39 is 11.7 Å². The number of hydrogen-bond donors (Lipinski definition) is 1. The molecule has 0 amide bonds. The maximum atomic E-state index is 12.5. The van der Waals surface area contributed by atoms with Crippen molar-refractivity contribution in [3.63, 3.8) is 0 Å². The highest BCUT2D eigenvalue weighted by molar-refractivity contribution is 6.37. The number of hydrogen-bond acceptors (Lipinski definition) is 3. The van der Waals surface area contributed by atoms with Crippen molar-refractivity contribution in [2.24, 2.45) is 5.10 Å². The van der Waals surface area contributed by atoms with Crippen LogP contribution >= 0.6 is 23.2 Å².